The number of anilines is 3. The number of ether oxygens (including phenoxy) is 2. The highest BCUT2D eigenvalue weighted by Gasteiger charge is 2.22. The monoisotopic (exact) mass is 586 g/mol. The molecule has 4 aromatic rings. The maximum absolute atomic E-state index is 13.2. The van der Waals surface area contributed by atoms with Gasteiger partial charge < -0.3 is 25.0 Å². The lowest BCUT2D eigenvalue weighted by Crippen LogP contribution is -2.41. The van der Waals surface area contributed by atoms with Crippen molar-refractivity contribution in [1.29, 1.82) is 0 Å². The highest BCUT2D eigenvalue weighted by Crippen LogP contribution is 2.41. The zero-order valence-corrected chi connectivity index (χ0v) is 23.4. The number of carbonyl (C=O) groups excluding carboxylic acids is 2. The van der Waals surface area contributed by atoms with Crippen LogP contribution in [0.25, 0.3) is 10.2 Å². The van der Waals surface area contributed by atoms with E-state index in [2.05, 4.69) is 25.6 Å². The lowest BCUT2D eigenvalue weighted by Gasteiger charge is -2.26. The number of carbonyl (C=O) groups is 2. The Morgan fingerprint density at radius 2 is 1.95 bits per heavy atom. The van der Waals surface area contributed by atoms with Gasteiger partial charge in [0.1, 0.15) is 22.9 Å². The van der Waals surface area contributed by atoms with Crippen LogP contribution in [0.1, 0.15) is 21.5 Å². The molecular weight excluding hydrogens is 563 g/mol. The summed E-state index contributed by atoms with van der Waals surface area (Å²) in [6, 6.07) is 5.34. The van der Waals surface area contributed by atoms with E-state index in [9.17, 15) is 9.59 Å². The molecule has 0 radical (unpaired) electrons. The molecule has 0 spiro atoms. The number of amides is 2. The second-order valence-electron chi connectivity index (χ2n) is 8.75. The van der Waals surface area contributed by atoms with Gasteiger partial charge >= 0.3 is 0 Å². The lowest BCUT2D eigenvalue weighted by atomic mass is 10.2. The van der Waals surface area contributed by atoms with Crippen molar-refractivity contribution in [2.24, 2.45) is 0 Å². The third-order valence-electron chi connectivity index (χ3n) is 6.20. The van der Waals surface area contributed by atoms with E-state index in [-0.39, 0.29) is 23.0 Å². The van der Waals surface area contributed by atoms with Crippen LogP contribution in [0, 0.1) is 6.92 Å². The molecule has 1 aromatic carbocycles. The van der Waals surface area contributed by atoms with Crippen LogP contribution in [0.15, 0.2) is 36.1 Å². The van der Waals surface area contributed by atoms with E-state index in [0.29, 0.717) is 70.1 Å². The van der Waals surface area contributed by atoms with Crippen LogP contribution in [0.3, 0.4) is 0 Å². The van der Waals surface area contributed by atoms with Crippen molar-refractivity contribution in [2.45, 2.75) is 13.3 Å². The molecule has 1 aliphatic rings. The predicted molar refractivity (Wildman–Crippen MR) is 152 cm³/mol. The number of nitrogens with zero attached hydrogens (tertiary/aromatic N) is 4. The number of benzene rings is 1. The van der Waals surface area contributed by atoms with Crippen molar-refractivity contribution in [3.05, 3.63) is 62.8 Å². The smallest absolute Gasteiger partial charge is 0.258 e. The Balaban J connectivity index is 1.32. The summed E-state index contributed by atoms with van der Waals surface area (Å²) >= 11 is 14.2. The number of nitrogens with one attached hydrogen (secondary N) is 2. The molecule has 202 valence electrons. The Morgan fingerprint density at radius 1 is 1.15 bits per heavy atom. The number of pyridine rings is 1. The number of hydrogen-bond donors (Lipinski definition) is 2. The topological polar surface area (TPSA) is 119 Å². The van der Waals surface area contributed by atoms with E-state index in [1.807, 2.05) is 6.07 Å². The molecule has 10 nitrogen and oxygen atoms in total. The number of halogens is 2. The van der Waals surface area contributed by atoms with Gasteiger partial charge in [0.2, 0.25) is 5.91 Å². The van der Waals surface area contributed by atoms with Crippen LogP contribution in [0.5, 0.6) is 5.75 Å². The Kier molecular flexibility index (Phi) is 8.12. The summed E-state index contributed by atoms with van der Waals surface area (Å²) in [6.07, 6.45) is 3.31. The minimum Gasteiger partial charge on any atom is -0.495 e. The molecule has 1 saturated heterocycles. The summed E-state index contributed by atoms with van der Waals surface area (Å²) in [5, 5.41) is 8.21. The van der Waals surface area contributed by atoms with Crippen LogP contribution in [-0.2, 0) is 16.0 Å². The minimum absolute atomic E-state index is 0.0504. The van der Waals surface area contributed by atoms with Crippen LogP contribution >= 0.6 is 34.5 Å². The van der Waals surface area contributed by atoms with Gasteiger partial charge in [-0.15, -0.1) is 11.3 Å². The summed E-state index contributed by atoms with van der Waals surface area (Å²) in [6.45, 7) is 4.14. The normalized spacial score (nSPS) is 13.4. The van der Waals surface area contributed by atoms with Crippen molar-refractivity contribution in [1.82, 2.24) is 19.9 Å². The van der Waals surface area contributed by atoms with Gasteiger partial charge in [0.05, 0.1) is 53.2 Å². The van der Waals surface area contributed by atoms with Crippen LogP contribution in [-0.4, -0.2) is 65.1 Å². The third-order valence-corrected chi connectivity index (χ3v) is 8.03. The van der Waals surface area contributed by atoms with Crippen molar-refractivity contribution in [3.8, 4) is 5.75 Å². The van der Waals surface area contributed by atoms with Gasteiger partial charge in [-0.2, -0.15) is 0 Å². The molecular formula is C26H24Cl2N6O4S. The second kappa shape index (κ2) is 11.7. The second-order valence-corrected chi connectivity index (χ2v) is 10.4. The number of thiophene rings is 1. The quantitative estimate of drug-likeness (QED) is 0.307. The standard InChI is InChI=1S/C26H24Cl2N6O4S/c1-14-9-17(37-2)21(28)23(20(14)27)33-26(36)16-12-39-24-22(16)30-13-31-25(24)32-18-4-3-15(11-29-18)10-19(35)34-5-7-38-8-6-34/h3-4,9,11-13H,5-8,10H2,1-2H3,(H,33,36)(H,29,30,31,32). The van der Waals surface area contributed by atoms with Crippen molar-refractivity contribution in [3.63, 3.8) is 0 Å². The number of hydrogen-bond acceptors (Lipinski definition) is 9. The van der Waals surface area contributed by atoms with Crippen LogP contribution < -0.4 is 15.4 Å². The summed E-state index contributed by atoms with van der Waals surface area (Å²) < 4.78 is 11.3. The summed E-state index contributed by atoms with van der Waals surface area (Å²) in [4.78, 5) is 40.6. The molecule has 2 amide bonds. The molecule has 1 fully saturated rings. The van der Waals surface area contributed by atoms with Gasteiger partial charge in [-0.05, 0) is 30.2 Å². The van der Waals surface area contributed by atoms with Gasteiger partial charge in [0.25, 0.3) is 5.91 Å². The fourth-order valence-electron chi connectivity index (χ4n) is 4.10. The van der Waals surface area contributed by atoms with Gasteiger partial charge in [-0.3, -0.25) is 9.59 Å². The zero-order valence-electron chi connectivity index (χ0n) is 21.1. The number of aromatic nitrogens is 3. The molecule has 0 aliphatic carbocycles. The van der Waals surface area contributed by atoms with Crippen molar-refractivity contribution >= 4 is 73.9 Å². The molecule has 0 saturated carbocycles. The highest BCUT2D eigenvalue weighted by molar-refractivity contribution is 7.18. The Labute approximate surface area is 238 Å². The summed E-state index contributed by atoms with van der Waals surface area (Å²) in [7, 11) is 1.49. The first kappa shape index (κ1) is 27.1. The van der Waals surface area contributed by atoms with Crippen molar-refractivity contribution in [2.75, 3.05) is 44.0 Å². The molecule has 13 heteroatoms. The van der Waals surface area contributed by atoms with Crippen LogP contribution in [0.4, 0.5) is 17.3 Å². The molecule has 3 aromatic heterocycles. The first-order valence-electron chi connectivity index (χ1n) is 12.0. The Hall–Kier alpha value is -3.51. The van der Waals surface area contributed by atoms with E-state index in [0.717, 1.165) is 5.56 Å². The van der Waals surface area contributed by atoms with E-state index in [4.69, 9.17) is 32.7 Å². The molecule has 1 aliphatic heterocycles. The largest absolute Gasteiger partial charge is 0.495 e. The number of fused-ring (bicyclic) bond motifs is 1. The average Bonchev–Trinajstić information content (AvgIpc) is 3.40. The fourth-order valence-corrected chi connectivity index (χ4v) is 5.57. The molecule has 0 atom stereocenters. The first-order chi connectivity index (χ1) is 18.9. The van der Waals surface area contributed by atoms with E-state index >= 15 is 0 Å². The van der Waals surface area contributed by atoms with Gasteiger partial charge in [0, 0.05) is 24.7 Å². The third kappa shape index (κ3) is 5.76. The fraction of sp³-hybridized carbons (Fsp3) is 0.269. The number of methoxy groups -OCH3 is 1. The maximum Gasteiger partial charge on any atom is 0.258 e. The molecule has 4 heterocycles. The van der Waals surface area contributed by atoms with E-state index in [1.54, 1.807) is 35.5 Å². The predicted octanol–water partition coefficient (Wildman–Crippen LogP) is 5.11. The molecule has 39 heavy (non-hydrogen) atoms. The lowest BCUT2D eigenvalue weighted by molar-refractivity contribution is -0.134. The maximum atomic E-state index is 13.2. The summed E-state index contributed by atoms with van der Waals surface area (Å²) in [5.41, 5.74) is 2.60. The summed E-state index contributed by atoms with van der Waals surface area (Å²) in [5.74, 6) is 1.08. The van der Waals surface area contributed by atoms with Gasteiger partial charge in [-0.1, -0.05) is 29.3 Å². The highest BCUT2D eigenvalue weighted by atomic mass is 35.5. The van der Waals surface area contributed by atoms with Gasteiger partial charge in [-0.25, -0.2) is 15.0 Å². The molecule has 5 rings (SSSR count). The van der Waals surface area contributed by atoms with Gasteiger partial charge in [0.15, 0.2) is 5.82 Å². The first-order valence-corrected chi connectivity index (χ1v) is 13.6. The van der Waals surface area contributed by atoms with E-state index < -0.39 is 5.91 Å². The van der Waals surface area contributed by atoms with E-state index in [1.165, 1.54) is 24.8 Å². The average molecular weight is 587 g/mol. The van der Waals surface area contributed by atoms with Crippen LogP contribution in [0.2, 0.25) is 10.0 Å². The number of morpholine rings is 1. The van der Waals surface area contributed by atoms with Crippen molar-refractivity contribution < 1.29 is 19.1 Å². The minimum atomic E-state index is -0.422. The number of aryl methyl sites for hydroxylation is 1. The Bertz CT molecular complexity index is 1540. The SMILES string of the molecule is COc1cc(C)c(Cl)c(NC(=O)c2csc3c(Nc4ccc(CC(=O)N5CCOCC5)cn4)ncnc23)c1Cl. The zero-order chi connectivity index (χ0) is 27.5. The Morgan fingerprint density at radius 3 is 2.67 bits per heavy atom. The number of rotatable bonds is 7. The molecule has 0 unspecified atom stereocenters. The molecule has 2 N–H and O–H groups in total. The molecule has 0 bridgehead atoms.